The Bertz CT molecular complexity index is 336. The zero-order valence-corrected chi connectivity index (χ0v) is 13.9. The van der Waals surface area contributed by atoms with Crippen LogP contribution in [-0.4, -0.2) is 44.9 Å². The second kappa shape index (κ2) is 8.04. The van der Waals surface area contributed by atoms with Gasteiger partial charge >= 0.3 is 0 Å². The highest BCUT2D eigenvalue weighted by Gasteiger charge is 2.32. The molecule has 0 spiro atoms. The molecule has 0 aromatic carbocycles. The third kappa shape index (κ3) is 4.40. The Balaban J connectivity index is 1.34. The first kappa shape index (κ1) is 16.6. The van der Waals surface area contributed by atoms with Gasteiger partial charge in [-0.1, -0.05) is 0 Å². The standard InChI is InChI=1S/C16H32N4O2/c1-11-7-14(20-22-11)13-5-3-12(4-6-13)9-17-15-8-16(21-2)19-10-18-15/h11-20H,3-10H2,1-2H3. The third-order valence-electron chi connectivity index (χ3n) is 5.53. The summed E-state index contributed by atoms with van der Waals surface area (Å²) in [5.74, 6) is 1.62. The molecule has 3 rings (SSSR count). The molecule has 3 aliphatic rings. The van der Waals surface area contributed by atoms with Crippen molar-refractivity contribution in [3.8, 4) is 0 Å². The maximum absolute atomic E-state index is 5.50. The van der Waals surface area contributed by atoms with Gasteiger partial charge in [-0.2, -0.15) is 5.48 Å². The first-order valence-electron chi connectivity index (χ1n) is 8.88. The Morgan fingerprint density at radius 3 is 2.64 bits per heavy atom. The van der Waals surface area contributed by atoms with Crippen molar-refractivity contribution >= 4 is 0 Å². The molecule has 22 heavy (non-hydrogen) atoms. The molecule has 0 aromatic heterocycles. The van der Waals surface area contributed by atoms with E-state index in [0.717, 1.165) is 31.5 Å². The lowest BCUT2D eigenvalue weighted by atomic mass is 9.77. The largest absolute Gasteiger partial charge is 0.366 e. The van der Waals surface area contributed by atoms with E-state index in [0.29, 0.717) is 18.3 Å². The van der Waals surface area contributed by atoms with E-state index in [1.54, 1.807) is 7.11 Å². The molecule has 1 aliphatic carbocycles. The first-order chi connectivity index (χ1) is 10.7. The van der Waals surface area contributed by atoms with Gasteiger partial charge in [0, 0.05) is 26.2 Å². The van der Waals surface area contributed by atoms with Gasteiger partial charge in [0.2, 0.25) is 0 Å². The van der Waals surface area contributed by atoms with Crippen molar-refractivity contribution in [2.24, 2.45) is 11.8 Å². The lowest BCUT2D eigenvalue weighted by Crippen LogP contribution is -2.57. The maximum atomic E-state index is 5.50. The highest BCUT2D eigenvalue weighted by molar-refractivity contribution is 4.85. The summed E-state index contributed by atoms with van der Waals surface area (Å²) in [5.41, 5.74) is 3.24. The zero-order chi connectivity index (χ0) is 15.4. The number of ether oxygens (including phenoxy) is 1. The van der Waals surface area contributed by atoms with E-state index in [-0.39, 0.29) is 6.23 Å². The van der Waals surface area contributed by atoms with E-state index >= 15 is 0 Å². The summed E-state index contributed by atoms with van der Waals surface area (Å²) in [5, 5.41) is 10.4. The monoisotopic (exact) mass is 312 g/mol. The summed E-state index contributed by atoms with van der Waals surface area (Å²) >= 11 is 0. The number of hydroxylamine groups is 1. The molecule has 4 unspecified atom stereocenters. The molecule has 3 fully saturated rings. The minimum absolute atomic E-state index is 0.171. The predicted molar refractivity (Wildman–Crippen MR) is 85.9 cm³/mol. The van der Waals surface area contributed by atoms with Crippen LogP contribution in [0.4, 0.5) is 0 Å². The fraction of sp³-hybridized carbons (Fsp3) is 1.00. The average Bonchev–Trinajstić information content (AvgIpc) is 3.00. The SMILES string of the molecule is COC1CC(NCC2CCC(C3CC(C)ON3)CC2)NCN1. The molecule has 4 atom stereocenters. The van der Waals surface area contributed by atoms with Crippen molar-refractivity contribution in [2.45, 2.75) is 70.0 Å². The minimum atomic E-state index is 0.171. The van der Waals surface area contributed by atoms with E-state index in [1.165, 1.54) is 32.1 Å². The van der Waals surface area contributed by atoms with Crippen molar-refractivity contribution in [3.05, 3.63) is 0 Å². The van der Waals surface area contributed by atoms with Gasteiger partial charge in [0.05, 0.1) is 12.3 Å². The Labute approximate surface area is 134 Å². The van der Waals surface area contributed by atoms with E-state index in [2.05, 4.69) is 28.4 Å². The van der Waals surface area contributed by atoms with Gasteiger partial charge in [0.15, 0.2) is 0 Å². The van der Waals surface area contributed by atoms with Crippen LogP contribution in [0.2, 0.25) is 0 Å². The molecule has 2 heterocycles. The minimum Gasteiger partial charge on any atom is -0.366 e. The van der Waals surface area contributed by atoms with Gasteiger partial charge in [-0.25, -0.2) is 0 Å². The molecule has 1 saturated carbocycles. The maximum Gasteiger partial charge on any atom is 0.111 e. The summed E-state index contributed by atoms with van der Waals surface area (Å²) < 4.78 is 5.38. The Hall–Kier alpha value is -0.240. The Morgan fingerprint density at radius 2 is 1.95 bits per heavy atom. The van der Waals surface area contributed by atoms with Gasteiger partial charge in [0.25, 0.3) is 0 Å². The number of hydrogen-bond acceptors (Lipinski definition) is 6. The Kier molecular flexibility index (Phi) is 6.07. The molecule has 0 bridgehead atoms. The predicted octanol–water partition coefficient (Wildman–Crippen LogP) is 0.903. The molecule has 0 aromatic rings. The molecule has 6 nitrogen and oxygen atoms in total. The van der Waals surface area contributed by atoms with Crippen LogP contribution in [0.15, 0.2) is 0 Å². The summed E-state index contributed by atoms with van der Waals surface area (Å²) in [6.45, 7) is 4.09. The smallest absolute Gasteiger partial charge is 0.111 e. The van der Waals surface area contributed by atoms with Crippen molar-refractivity contribution in [2.75, 3.05) is 20.3 Å². The summed E-state index contributed by atoms with van der Waals surface area (Å²) in [6, 6.07) is 0.581. The fourth-order valence-electron chi connectivity index (χ4n) is 4.06. The van der Waals surface area contributed by atoms with Crippen LogP contribution in [-0.2, 0) is 9.57 Å². The Morgan fingerprint density at radius 1 is 1.14 bits per heavy atom. The molecule has 0 radical (unpaired) electrons. The second-order valence-electron chi connectivity index (χ2n) is 7.18. The lowest BCUT2D eigenvalue weighted by Gasteiger charge is -2.35. The van der Waals surface area contributed by atoms with E-state index < -0.39 is 0 Å². The van der Waals surface area contributed by atoms with Crippen LogP contribution >= 0.6 is 0 Å². The normalized spacial score (nSPS) is 43.4. The van der Waals surface area contributed by atoms with Crippen molar-refractivity contribution < 1.29 is 9.57 Å². The summed E-state index contributed by atoms with van der Waals surface area (Å²) in [4.78, 5) is 5.50. The highest BCUT2D eigenvalue weighted by Crippen LogP contribution is 2.33. The highest BCUT2D eigenvalue weighted by atomic mass is 16.7. The second-order valence-corrected chi connectivity index (χ2v) is 7.18. The van der Waals surface area contributed by atoms with Gasteiger partial charge in [-0.15, -0.1) is 0 Å². The van der Waals surface area contributed by atoms with Crippen LogP contribution in [0, 0.1) is 11.8 Å². The van der Waals surface area contributed by atoms with Crippen LogP contribution < -0.4 is 21.4 Å². The molecular formula is C16H32N4O2. The molecule has 6 heteroatoms. The van der Waals surface area contributed by atoms with Gasteiger partial charge < -0.3 is 10.1 Å². The fourth-order valence-corrected chi connectivity index (χ4v) is 4.06. The average molecular weight is 312 g/mol. The van der Waals surface area contributed by atoms with Crippen LogP contribution in [0.3, 0.4) is 0 Å². The summed E-state index contributed by atoms with van der Waals surface area (Å²) in [6.07, 6.45) is 8.41. The molecule has 0 amide bonds. The van der Waals surface area contributed by atoms with Crippen LogP contribution in [0.1, 0.15) is 45.4 Å². The van der Waals surface area contributed by atoms with E-state index in [1.807, 2.05) is 0 Å². The zero-order valence-electron chi connectivity index (χ0n) is 13.9. The number of hydrogen-bond donors (Lipinski definition) is 4. The molecule has 128 valence electrons. The number of methoxy groups -OCH3 is 1. The topological polar surface area (TPSA) is 66.6 Å². The van der Waals surface area contributed by atoms with E-state index in [9.17, 15) is 0 Å². The van der Waals surface area contributed by atoms with Gasteiger partial charge in [-0.05, 0) is 57.4 Å². The summed E-state index contributed by atoms with van der Waals surface area (Å²) in [7, 11) is 1.77. The molecule has 2 aliphatic heterocycles. The quantitative estimate of drug-likeness (QED) is 0.605. The molecule has 4 N–H and O–H groups in total. The van der Waals surface area contributed by atoms with Gasteiger partial charge in [0.1, 0.15) is 6.23 Å². The number of rotatable bonds is 5. The van der Waals surface area contributed by atoms with Crippen molar-refractivity contribution in [1.82, 2.24) is 21.4 Å². The number of nitrogens with one attached hydrogen (secondary N) is 4. The first-order valence-corrected chi connectivity index (χ1v) is 8.88. The van der Waals surface area contributed by atoms with Crippen molar-refractivity contribution in [3.63, 3.8) is 0 Å². The van der Waals surface area contributed by atoms with Crippen molar-refractivity contribution in [1.29, 1.82) is 0 Å². The lowest BCUT2D eigenvalue weighted by molar-refractivity contribution is 0.0258. The van der Waals surface area contributed by atoms with E-state index in [4.69, 9.17) is 9.57 Å². The molecule has 2 saturated heterocycles. The third-order valence-corrected chi connectivity index (χ3v) is 5.53. The van der Waals surface area contributed by atoms with Crippen LogP contribution in [0.25, 0.3) is 0 Å². The van der Waals surface area contributed by atoms with Crippen LogP contribution in [0.5, 0.6) is 0 Å². The molecular weight excluding hydrogens is 280 g/mol. The van der Waals surface area contributed by atoms with Gasteiger partial charge in [-0.3, -0.25) is 15.5 Å².